The normalized spacial score (nSPS) is 16.6. The van der Waals surface area contributed by atoms with E-state index in [9.17, 15) is 9.59 Å². The van der Waals surface area contributed by atoms with Crippen molar-refractivity contribution in [3.63, 3.8) is 0 Å². The van der Waals surface area contributed by atoms with Crippen molar-refractivity contribution in [2.45, 2.75) is 32.2 Å². The van der Waals surface area contributed by atoms with Crippen LogP contribution in [0.5, 0.6) is 0 Å². The summed E-state index contributed by atoms with van der Waals surface area (Å²) < 4.78 is 5.29. The van der Waals surface area contributed by atoms with Crippen LogP contribution in [0.4, 0.5) is 5.69 Å². The minimum absolute atomic E-state index is 0.139. The molecule has 1 heterocycles. The van der Waals surface area contributed by atoms with E-state index >= 15 is 0 Å². The summed E-state index contributed by atoms with van der Waals surface area (Å²) in [7, 11) is 0. The summed E-state index contributed by atoms with van der Waals surface area (Å²) in [6.45, 7) is 3.93. The second kappa shape index (κ2) is 8.64. The van der Waals surface area contributed by atoms with Crippen LogP contribution in [0.25, 0.3) is 0 Å². The maximum atomic E-state index is 12.3. The Balaban J connectivity index is 1.96. The number of nitrogens with one attached hydrogen (secondary N) is 2. The second-order valence-electron chi connectivity index (χ2n) is 5.80. The van der Waals surface area contributed by atoms with Crippen LogP contribution in [0.2, 0.25) is 0 Å². The summed E-state index contributed by atoms with van der Waals surface area (Å²) in [5.41, 5.74) is 7.17. The number of anilines is 1. The van der Waals surface area contributed by atoms with Gasteiger partial charge in [0.25, 0.3) is 5.91 Å². The minimum atomic E-state index is -0.559. The molecule has 23 heavy (non-hydrogen) atoms. The van der Waals surface area contributed by atoms with Crippen molar-refractivity contribution >= 4 is 17.5 Å². The van der Waals surface area contributed by atoms with Crippen LogP contribution in [-0.4, -0.2) is 37.6 Å². The summed E-state index contributed by atoms with van der Waals surface area (Å²) >= 11 is 0. The van der Waals surface area contributed by atoms with Crippen molar-refractivity contribution in [2.24, 2.45) is 11.7 Å². The van der Waals surface area contributed by atoms with Gasteiger partial charge in [0.2, 0.25) is 5.91 Å². The topological polar surface area (TPSA) is 93.5 Å². The van der Waals surface area contributed by atoms with E-state index in [0.29, 0.717) is 31.0 Å². The molecule has 6 nitrogen and oxygen atoms in total. The van der Waals surface area contributed by atoms with Crippen molar-refractivity contribution in [1.29, 1.82) is 0 Å². The molecule has 1 saturated heterocycles. The molecule has 6 heteroatoms. The van der Waals surface area contributed by atoms with Crippen LogP contribution >= 0.6 is 0 Å². The molecule has 0 aromatic heterocycles. The van der Waals surface area contributed by atoms with Gasteiger partial charge in [-0.1, -0.05) is 13.0 Å². The van der Waals surface area contributed by atoms with E-state index in [4.69, 9.17) is 10.5 Å². The molecule has 1 aliphatic heterocycles. The minimum Gasteiger partial charge on any atom is -0.381 e. The summed E-state index contributed by atoms with van der Waals surface area (Å²) in [5.74, 6) is -0.223. The zero-order valence-corrected chi connectivity index (χ0v) is 13.5. The van der Waals surface area contributed by atoms with Crippen molar-refractivity contribution in [3.05, 3.63) is 29.8 Å². The fraction of sp³-hybridized carbons (Fsp3) is 0.529. The van der Waals surface area contributed by atoms with Crippen LogP contribution in [0, 0.1) is 5.92 Å². The van der Waals surface area contributed by atoms with Gasteiger partial charge in [-0.25, -0.2) is 0 Å². The van der Waals surface area contributed by atoms with Crippen LogP contribution in [0.1, 0.15) is 36.5 Å². The van der Waals surface area contributed by atoms with E-state index < -0.39 is 6.04 Å². The Morgan fingerprint density at radius 3 is 2.78 bits per heavy atom. The molecule has 0 bridgehead atoms. The van der Waals surface area contributed by atoms with Gasteiger partial charge in [-0.2, -0.15) is 0 Å². The highest BCUT2D eigenvalue weighted by molar-refractivity contribution is 5.98. The third kappa shape index (κ3) is 5.04. The summed E-state index contributed by atoms with van der Waals surface area (Å²) in [6.07, 6.45) is 2.48. The monoisotopic (exact) mass is 319 g/mol. The molecule has 2 rings (SSSR count). The van der Waals surface area contributed by atoms with Crippen LogP contribution in [0.3, 0.4) is 0 Å². The number of amides is 2. The molecule has 1 aromatic carbocycles. The molecule has 1 fully saturated rings. The molecule has 126 valence electrons. The zero-order valence-electron chi connectivity index (χ0n) is 13.5. The molecule has 1 aromatic rings. The van der Waals surface area contributed by atoms with Crippen LogP contribution in [0.15, 0.2) is 24.3 Å². The summed E-state index contributed by atoms with van der Waals surface area (Å²) in [6, 6.07) is 6.33. The van der Waals surface area contributed by atoms with Gasteiger partial charge in [0.1, 0.15) is 0 Å². The first-order chi connectivity index (χ1) is 11.1. The van der Waals surface area contributed by atoms with Gasteiger partial charge >= 0.3 is 0 Å². The lowest BCUT2D eigenvalue weighted by Crippen LogP contribution is -2.44. The first-order valence-corrected chi connectivity index (χ1v) is 8.14. The lowest BCUT2D eigenvalue weighted by molar-refractivity contribution is -0.119. The third-order valence-corrected chi connectivity index (χ3v) is 4.00. The summed E-state index contributed by atoms with van der Waals surface area (Å²) in [4.78, 5) is 24.2. The van der Waals surface area contributed by atoms with Gasteiger partial charge in [0.05, 0.1) is 6.04 Å². The average Bonchev–Trinajstić information content (AvgIpc) is 2.60. The molecule has 0 saturated carbocycles. The SMILES string of the molecule is CCCNC(=O)c1cccc(NC(=O)C(N)C2CCOCC2)c1. The predicted molar refractivity (Wildman–Crippen MR) is 89.2 cm³/mol. The molecule has 1 aliphatic rings. The maximum absolute atomic E-state index is 12.3. The number of rotatable bonds is 6. The van der Waals surface area contributed by atoms with E-state index in [1.54, 1.807) is 24.3 Å². The fourth-order valence-electron chi connectivity index (χ4n) is 2.59. The number of carbonyl (C=O) groups excluding carboxylic acids is 2. The highest BCUT2D eigenvalue weighted by atomic mass is 16.5. The van der Waals surface area contributed by atoms with E-state index in [1.807, 2.05) is 6.92 Å². The lowest BCUT2D eigenvalue weighted by Gasteiger charge is -2.26. The number of ether oxygens (including phenoxy) is 1. The van der Waals surface area contributed by atoms with Crippen molar-refractivity contribution < 1.29 is 14.3 Å². The van der Waals surface area contributed by atoms with E-state index in [1.165, 1.54) is 0 Å². The molecular formula is C17H25N3O3. The Morgan fingerprint density at radius 1 is 1.35 bits per heavy atom. The fourth-order valence-corrected chi connectivity index (χ4v) is 2.59. The molecule has 4 N–H and O–H groups in total. The molecule has 1 unspecified atom stereocenters. The van der Waals surface area contributed by atoms with Gasteiger partial charge < -0.3 is 21.1 Å². The van der Waals surface area contributed by atoms with E-state index in [0.717, 1.165) is 19.3 Å². The largest absolute Gasteiger partial charge is 0.381 e. The number of hydrogen-bond acceptors (Lipinski definition) is 4. The van der Waals surface area contributed by atoms with Gasteiger partial charge in [-0.05, 0) is 43.4 Å². The first kappa shape index (κ1) is 17.4. The Bertz CT molecular complexity index is 542. The molecular weight excluding hydrogens is 294 g/mol. The Kier molecular flexibility index (Phi) is 6.55. The van der Waals surface area contributed by atoms with Gasteiger partial charge in [-0.15, -0.1) is 0 Å². The highest BCUT2D eigenvalue weighted by Crippen LogP contribution is 2.19. The number of hydrogen-bond donors (Lipinski definition) is 3. The van der Waals surface area contributed by atoms with Gasteiger partial charge in [0, 0.05) is 31.0 Å². The summed E-state index contributed by atoms with van der Waals surface area (Å²) in [5, 5.41) is 5.62. The molecule has 0 radical (unpaired) electrons. The molecule has 0 aliphatic carbocycles. The lowest BCUT2D eigenvalue weighted by atomic mass is 9.92. The molecule has 2 amide bonds. The van der Waals surface area contributed by atoms with Crippen molar-refractivity contribution in [1.82, 2.24) is 5.32 Å². The Morgan fingerprint density at radius 2 is 2.09 bits per heavy atom. The third-order valence-electron chi connectivity index (χ3n) is 4.00. The highest BCUT2D eigenvalue weighted by Gasteiger charge is 2.26. The Hall–Kier alpha value is -1.92. The smallest absolute Gasteiger partial charge is 0.251 e. The average molecular weight is 319 g/mol. The van der Waals surface area contributed by atoms with Gasteiger partial charge in [0.15, 0.2) is 0 Å². The predicted octanol–water partition coefficient (Wildman–Crippen LogP) is 1.52. The number of nitrogens with two attached hydrogens (primary N) is 1. The van der Waals surface area contributed by atoms with Crippen molar-refractivity contribution in [3.8, 4) is 0 Å². The second-order valence-corrected chi connectivity index (χ2v) is 5.80. The molecule has 0 spiro atoms. The first-order valence-electron chi connectivity index (χ1n) is 8.14. The number of benzene rings is 1. The van der Waals surface area contributed by atoms with Crippen LogP contribution in [-0.2, 0) is 9.53 Å². The maximum Gasteiger partial charge on any atom is 0.251 e. The number of carbonyl (C=O) groups is 2. The Labute approximate surface area is 136 Å². The van der Waals surface area contributed by atoms with Crippen LogP contribution < -0.4 is 16.4 Å². The van der Waals surface area contributed by atoms with Crippen molar-refractivity contribution in [2.75, 3.05) is 25.1 Å². The zero-order chi connectivity index (χ0) is 16.7. The standard InChI is InChI=1S/C17H25N3O3/c1-2-8-19-16(21)13-4-3-5-14(11-13)20-17(22)15(18)12-6-9-23-10-7-12/h3-5,11-12,15H,2,6-10,18H2,1H3,(H,19,21)(H,20,22). The quantitative estimate of drug-likeness (QED) is 0.741. The van der Waals surface area contributed by atoms with Gasteiger partial charge in [-0.3, -0.25) is 9.59 Å². The van der Waals surface area contributed by atoms with E-state index in [2.05, 4.69) is 10.6 Å². The molecule has 1 atom stereocenters. The van der Waals surface area contributed by atoms with E-state index in [-0.39, 0.29) is 17.7 Å².